The van der Waals surface area contributed by atoms with E-state index in [1.54, 1.807) is 4.90 Å². The van der Waals surface area contributed by atoms with E-state index < -0.39 is 0 Å². The van der Waals surface area contributed by atoms with Crippen LogP contribution in [0.15, 0.2) is 60.8 Å². The van der Waals surface area contributed by atoms with Gasteiger partial charge < -0.3 is 14.9 Å². The summed E-state index contributed by atoms with van der Waals surface area (Å²) in [7, 11) is 3.93. The molecule has 0 aliphatic heterocycles. The molecule has 5 heteroatoms. The fraction of sp³-hybridized carbons (Fsp3) is 0.273. The van der Waals surface area contributed by atoms with E-state index in [1.807, 2.05) is 73.7 Å². The molecule has 27 heavy (non-hydrogen) atoms. The van der Waals surface area contributed by atoms with Gasteiger partial charge in [-0.05, 0) is 43.9 Å². The first-order chi connectivity index (χ1) is 13.1. The Labute approximate surface area is 159 Å². The molecule has 0 atom stereocenters. The van der Waals surface area contributed by atoms with E-state index in [-0.39, 0.29) is 12.5 Å². The number of nitrogens with zero attached hydrogens (tertiary/aromatic N) is 3. The quantitative estimate of drug-likeness (QED) is 0.701. The largest absolute Gasteiger partial charge is 0.395 e. The Hall–Kier alpha value is -2.76. The Balaban J connectivity index is 1.79. The molecule has 1 amide bonds. The van der Waals surface area contributed by atoms with Crippen LogP contribution in [0.25, 0.3) is 22.0 Å². The lowest BCUT2D eigenvalue weighted by Gasteiger charge is -2.23. The summed E-state index contributed by atoms with van der Waals surface area (Å²) in [5.41, 5.74) is 3.63. The molecule has 3 aromatic rings. The normalized spacial score (nSPS) is 11.1. The smallest absolute Gasteiger partial charge is 0.253 e. The molecule has 0 saturated carbocycles. The number of amides is 1. The fourth-order valence-electron chi connectivity index (χ4n) is 2.97. The number of hydrogen-bond donors (Lipinski definition) is 1. The van der Waals surface area contributed by atoms with Gasteiger partial charge in [-0.15, -0.1) is 0 Å². The predicted molar refractivity (Wildman–Crippen MR) is 109 cm³/mol. The molecule has 0 radical (unpaired) electrons. The summed E-state index contributed by atoms with van der Waals surface area (Å²) in [6, 6.07) is 17.7. The molecule has 1 aromatic heterocycles. The molecule has 0 fully saturated rings. The Bertz CT molecular complexity index is 907. The maximum atomic E-state index is 12.8. The van der Waals surface area contributed by atoms with E-state index in [0.717, 1.165) is 28.6 Å². The Morgan fingerprint density at radius 3 is 2.41 bits per heavy atom. The zero-order valence-electron chi connectivity index (χ0n) is 15.8. The number of hydrogen-bond acceptors (Lipinski definition) is 4. The molecule has 1 heterocycles. The highest BCUT2D eigenvalue weighted by molar-refractivity contribution is 5.95. The van der Waals surface area contributed by atoms with Gasteiger partial charge in [0.1, 0.15) is 0 Å². The van der Waals surface area contributed by atoms with E-state index in [1.165, 1.54) is 0 Å². The van der Waals surface area contributed by atoms with Crippen LogP contribution in [0.3, 0.4) is 0 Å². The van der Waals surface area contributed by atoms with Crippen LogP contribution in [0.4, 0.5) is 0 Å². The minimum Gasteiger partial charge on any atom is -0.395 e. The van der Waals surface area contributed by atoms with Gasteiger partial charge >= 0.3 is 0 Å². The lowest BCUT2D eigenvalue weighted by molar-refractivity contribution is 0.0710. The number of pyridine rings is 1. The molecule has 1 N–H and O–H groups in total. The van der Waals surface area contributed by atoms with Crippen LogP contribution < -0.4 is 0 Å². The van der Waals surface area contributed by atoms with Crippen LogP contribution in [-0.2, 0) is 0 Å². The Morgan fingerprint density at radius 1 is 0.963 bits per heavy atom. The van der Waals surface area contributed by atoms with Gasteiger partial charge in [-0.2, -0.15) is 0 Å². The topological polar surface area (TPSA) is 56.7 Å². The van der Waals surface area contributed by atoms with Gasteiger partial charge in [-0.1, -0.05) is 30.3 Å². The summed E-state index contributed by atoms with van der Waals surface area (Å²) in [4.78, 5) is 21.0. The van der Waals surface area contributed by atoms with Gasteiger partial charge in [0.05, 0.1) is 12.1 Å². The van der Waals surface area contributed by atoms with Crippen molar-refractivity contribution in [3.63, 3.8) is 0 Å². The van der Waals surface area contributed by atoms with Crippen molar-refractivity contribution in [1.82, 2.24) is 14.8 Å². The summed E-state index contributed by atoms with van der Waals surface area (Å²) < 4.78 is 0. The number of fused-ring (bicyclic) bond motifs is 1. The first-order valence-electron chi connectivity index (χ1n) is 9.08. The van der Waals surface area contributed by atoms with Crippen molar-refractivity contribution in [2.45, 2.75) is 0 Å². The number of likely N-dealkylation sites (N-methyl/N-ethyl adjacent to an activating group) is 1. The van der Waals surface area contributed by atoms with Crippen molar-refractivity contribution in [3.8, 4) is 11.1 Å². The molecule has 5 nitrogen and oxygen atoms in total. The van der Waals surface area contributed by atoms with Gasteiger partial charge in [-0.3, -0.25) is 9.78 Å². The molecule has 0 unspecified atom stereocenters. The van der Waals surface area contributed by atoms with E-state index in [4.69, 9.17) is 0 Å². The molecular weight excluding hydrogens is 338 g/mol. The molecular formula is C22H25N3O2. The number of aliphatic hydroxyl groups is 1. The van der Waals surface area contributed by atoms with Gasteiger partial charge in [-0.25, -0.2) is 0 Å². The Kier molecular flexibility index (Phi) is 6.16. The van der Waals surface area contributed by atoms with E-state index in [2.05, 4.69) is 11.1 Å². The van der Waals surface area contributed by atoms with Crippen molar-refractivity contribution in [3.05, 3.63) is 66.4 Å². The monoisotopic (exact) mass is 363 g/mol. The molecule has 140 valence electrons. The number of rotatable bonds is 7. The second-order valence-corrected chi connectivity index (χ2v) is 6.81. The van der Waals surface area contributed by atoms with Crippen LogP contribution in [0.5, 0.6) is 0 Å². The fourth-order valence-corrected chi connectivity index (χ4v) is 2.97. The Morgan fingerprint density at radius 2 is 1.70 bits per heavy atom. The number of para-hydroxylation sites is 1. The van der Waals surface area contributed by atoms with E-state index >= 15 is 0 Å². The van der Waals surface area contributed by atoms with Crippen LogP contribution in [0.2, 0.25) is 0 Å². The zero-order valence-corrected chi connectivity index (χ0v) is 15.8. The molecule has 0 spiro atoms. The number of carbonyl (C=O) groups excluding carboxylic acids is 1. The number of carbonyl (C=O) groups is 1. The highest BCUT2D eigenvalue weighted by Gasteiger charge is 2.15. The molecule has 0 aliphatic rings. The third-order valence-corrected chi connectivity index (χ3v) is 4.53. The first kappa shape index (κ1) is 19.0. The lowest BCUT2D eigenvalue weighted by Crippen LogP contribution is -2.38. The summed E-state index contributed by atoms with van der Waals surface area (Å²) in [6.07, 6.45) is 1.86. The van der Waals surface area contributed by atoms with Gasteiger partial charge in [0, 0.05) is 42.3 Å². The lowest BCUT2D eigenvalue weighted by atomic mass is 10.0. The summed E-state index contributed by atoms with van der Waals surface area (Å²) in [5, 5.41) is 10.4. The molecule has 0 bridgehead atoms. The van der Waals surface area contributed by atoms with Crippen molar-refractivity contribution in [2.24, 2.45) is 0 Å². The number of aliphatic hydroxyl groups excluding tert-OH is 1. The summed E-state index contributed by atoms with van der Waals surface area (Å²) >= 11 is 0. The van der Waals surface area contributed by atoms with Crippen LogP contribution in [-0.4, -0.2) is 66.1 Å². The maximum absolute atomic E-state index is 12.8. The van der Waals surface area contributed by atoms with Crippen LogP contribution >= 0.6 is 0 Å². The van der Waals surface area contributed by atoms with Crippen LogP contribution in [0, 0.1) is 0 Å². The van der Waals surface area contributed by atoms with Crippen molar-refractivity contribution < 1.29 is 9.90 Å². The van der Waals surface area contributed by atoms with Crippen molar-refractivity contribution >= 4 is 16.8 Å². The average Bonchev–Trinajstić information content (AvgIpc) is 2.70. The van der Waals surface area contributed by atoms with Crippen LogP contribution in [0.1, 0.15) is 10.4 Å². The van der Waals surface area contributed by atoms with Crippen molar-refractivity contribution in [2.75, 3.05) is 40.3 Å². The second-order valence-electron chi connectivity index (χ2n) is 6.81. The summed E-state index contributed by atoms with van der Waals surface area (Å²) in [6.45, 7) is 1.64. The minimum absolute atomic E-state index is 0.0417. The molecule has 2 aromatic carbocycles. The minimum atomic E-state index is -0.0610. The highest BCUT2D eigenvalue weighted by atomic mass is 16.3. The van der Waals surface area contributed by atoms with Gasteiger partial charge in [0.25, 0.3) is 5.91 Å². The average molecular weight is 363 g/mol. The zero-order chi connectivity index (χ0) is 19.2. The highest BCUT2D eigenvalue weighted by Crippen LogP contribution is 2.23. The molecule has 3 rings (SSSR count). The maximum Gasteiger partial charge on any atom is 0.253 e. The van der Waals surface area contributed by atoms with E-state index in [9.17, 15) is 9.90 Å². The first-order valence-corrected chi connectivity index (χ1v) is 9.08. The number of aromatic nitrogens is 1. The van der Waals surface area contributed by atoms with Gasteiger partial charge in [0.2, 0.25) is 0 Å². The molecule has 0 saturated heterocycles. The molecule has 0 aliphatic carbocycles. The number of benzene rings is 2. The standard InChI is InChI=1S/C22H25N3O2/c1-24(2)11-12-25(13-14-26)22(27)18-9-7-17(8-10-18)20-15-19-5-3-4-6-21(19)23-16-20/h3-10,15-16,26H,11-14H2,1-2H3. The van der Waals surface area contributed by atoms with E-state index in [0.29, 0.717) is 18.7 Å². The third kappa shape index (κ3) is 4.70. The SMILES string of the molecule is CN(C)CCN(CCO)C(=O)c1ccc(-c2cnc3ccccc3c2)cc1. The third-order valence-electron chi connectivity index (χ3n) is 4.53. The predicted octanol–water partition coefficient (Wildman–Crippen LogP) is 2.90. The van der Waals surface area contributed by atoms with Crippen molar-refractivity contribution in [1.29, 1.82) is 0 Å². The summed E-state index contributed by atoms with van der Waals surface area (Å²) in [5.74, 6) is -0.0610. The van der Waals surface area contributed by atoms with Gasteiger partial charge in [0.15, 0.2) is 0 Å². The second kappa shape index (κ2) is 8.75.